The number of ether oxygens (including phenoxy) is 2. The molecule has 0 aromatic heterocycles. The Morgan fingerprint density at radius 2 is 1.77 bits per heavy atom. The molecule has 0 aliphatic rings. The largest absolute Gasteiger partial charge is 0.449 e. The summed E-state index contributed by atoms with van der Waals surface area (Å²) in [6.07, 6.45) is -0.757. The second kappa shape index (κ2) is 9.00. The summed E-state index contributed by atoms with van der Waals surface area (Å²) in [5, 5.41) is 13.9. The van der Waals surface area contributed by atoms with Crippen LogP contribution in [0, 0.1) is 10.1 Å². The fourth-order valence-corrected chi connectivity index (χ4v) is 2.58. The van der Waals surface area contributed by atoms with E-state index in [1.54, 1.807) is 26.8 Å². The molecule has 2 aromatic carbocycles. The Morgan fingerprint density at radius 3 is 2.33 bits per heavy atom. The fraction of sp³-hybridized carbons (Fsp3) is 0.300. The highest BCUT2D eigenvalue weighted by molar-refractivity contribution is 6.34. The number of benzene rings is 2. The van der Waals surface area contributed by atoms with Crippen LogP contribution in [0.15, 0.2) is 36.4 Å². The zero-order valence-electron chi connectivity index (χ0n) is 17.2. The van der Waals surface area contributed by atoms with E-state index in [-0.39, 0.29) is 33.5 Å². The molecule has 10 heteroatoms. The second-order valence-corrected chi connectivity index (χ2v) is 7.89. The molecule has 30 heavy (non-hydrogen) atoms. The lowest BCUT2D eigenvalue weighted by Gasteiger charge is -2.21. The van der Waals surface area contributed by atoms with E-state index in [2.05, 4.69) is 5.32 Å². The van der Waals surface area contributed by atoms with Crippen LogP contribution >= 0.6 is 11.6 Å². The molecule has 0 fully saturated rings. The van der Waals surface area contributed by atoms with E-state index >= 15 is 0 Å². The molecule has 0 aliphatic heterocycles. The Bertz CT molecular complexity index is 985. The lowest BCUT2D eigenvalue weighted by atomic mass is 10.1. The van der Waals surface area contributed by atoms with E-state index in [1.165, 1.54) is 49.3 Å². The maximum Gasteiger partial charge on any atom is 0.412 e. The standard InChI is InChI=1S/C20H22ClN3O6/c1-20(2,3)30-19(26)22-14-11-17(12(10-13(14)21)18(25)23(4)5)29-16-9-7-6-8-15(16)24(27)28/h6-11H,1-5H3,(H,22,26). The number of carbonyl (C=O) groups is 2. The first kappa shape index (κ1) is 23.0. The first-order valence-electron chi connectivity index (χ1n) is 8.85. The van der Waals surface area contributed by atoms with Gasteiger partial charge < -0.3 is 14.4 Å². The van der Waals surface area contributed by atoms with Gasteiger partial charge in [0, 0.05) is 26.2 Å². The van der Waals surface area contributed by atoms with Crippen molar-refractivity contribution < 1.29 is 24.0 Å². The number of nitrogens with one attached hydrogen (secondary N) is 1. The summed E-state index contributed by atoms with van der Waals surface area (Å²) in [5.41, 5.74) is -0.827. The normalized spacial score (nSPS) is 10.9. The summed E-state index contributed by atoms with van der Waals surface area (Å²) in [6, 6.07) is 8.37. The molecule has 2 rings (SSSR count). The molecule has 0 bridgehead atoms. The van der Waals surface area contributed by atoms with Gasteiger partial charge in [0.2, 0.25) is 5.75 Å². The van der Waals surface area contributed by atoms with Crippen LogP contribution in [0.2, 0.25) is 5.02 Å². The number of nitro benzene ring substituents is 1. The van der Waals surface area contributed by atoms with Crippen molar-refractivity contribution in [2.24, 2.45) is 0 Å². The van der Waals surface area contributed by atoms with E-state index in [0.717, 1.165) is 0 Å². The third kappa shape index (κ3) is 5.84. The Morgan fingerprint density at radius 1 is 1.13 bits per heavy atom. The quantitative estimate of drug-likeness (QED) is 0.517. The molecule has 0 aliphatic carbocycles. The van der Waals surface area contributed by atoms with Gasteiger partial charge in [0.15, 0.2) is 0 Å². The molecule has 0 radical (unpaired) electrons. The molecular weight excluding hydrogens is 414 g/mol. The number of hydrogen-bond donors (Lipinski definition) is 1. The van der Waals surface area contributed by atoms with Crippen molar-refractivity contribution in [3.8, 4) is 11.5 Å². The van der Waals surface area contributed by atoms with Gasteiger partial charge in [-0.25, -0.2) is 4.79 Å². The summed E-state index contributed by atoms with van der Waals surface area (Å²) in [5.74, 6) is -0.520. The van der Waals surface area contributed by atoms with Gasteiger partial charge in [0.05, 0.1) is 21.2 Å². The van der Waals surface area contributed by atoms with Gasteiger partial charge in [-0.2, -0.15) is 0 Å². The number of nitro groups is 1. The molecular formula is C20H22ClN3O6. The number of carbonyl (C=O) groups excluding carboxylic acids is 2. The summed E-state index contributed by atoms with van der Waals surface area (Å²) >= 11 is 6.25. The van der Waals surface area contributed by atoms with Crippen molar-refractivity contribution in [2.75, 3.05) is 19.4 Å². The van der Waals surface area contributed by atoms with Gasteiger partial charge >= 0.3 is 11.8 Å². The Balaban J connectivity index is 2.51. The van der Waals surface area contributed by atoms with Gasteiger partial charge in [0.1, 0.15) is 11.4 Å². The number of nitrogens with zero attached hydrogens (tertiary/aromatic N) is 2. The predicted molar refractivity (Wildman–Crippen MR) is 112 cm³/mol. The highest BCUT2D eigenvalue weighted by atomic mass is 35.5. The van der Waals surface area contributed by atoms with E-state index in [1.807, 2.05) is 0 Å². The van der Waals surface area contributed by atoms with Crippen LogP contribution < -0.4 is 10.1 Å². The van der Waals surface area contributed by atoms with Crippen LogP contribution in [0.3, 0.4) is 0 Å². The molecule has 0 heterocycles. The van der Waals surface area contributed by atoms with Crippen LogP contribution in [0.1, 0.15) is 31.1 Å². The lowest BCUT2D eigenvalue weighted by Crippen LogP contribution is -2.27. The maximum absolute atomic E-state index is 12.6. The minimum atomic E-state index is -0.757. The minimum absolute atomic E-state index is 0.0153. The first-order chi connectivity index (χ1) is 13.9. The topological polar surface area (TPSA) is 111 Å². The molecule has 0 spiro atoms. The van der Waals surface area contributed by atoms with Crippen LogP contribution in [-0.2, 0) is 4.74 Å². The van der Waals surface area contributed by atoms with Crippen molar-refractivity contribution in [1.82, 2.24) is 4.90 Å². The van der Waals surface area contributed by atoms with E-state index in [9.17, 15) is 19.7 Å². The van der Waals surface area contributed by atoms with Crippen molar-refractivity contribution in [1.29, 1.82) is 0 Å². The van der Waals surface area contributed by atoms with Crippen LogP contribution in [-0.4, -0.2) is 41.5 Å². The number of rotatable bonds is 5. The lowest BCUT2D eigenvalue weighted by molar-refractivity contribution is -0.385. The molecule has 2 amide bonds. The average Bonchev–Trinajstić information content (AvgIpc) is 2.62. The maximum atomic E-state index is 12.6. The minimum Gasteiger partial charge on any atom is -0.449 e. The Labute approximate surface area is 178 Å². The van der Waals surface area contributed by atoms with Gasteiger partial charge in [0.25, 0.3) is 5.91 Å². The molecule has 1 N–H and O–H groups in total. The first-order valence-corrected chi connectivity index (χ1v) is 9.23. The molecule has 2 aromatic rings. The van der Waals surface area contributed by atoms with Crippen molar-refractivity contribution >= 4 is 35.0 Å². The second-order valence-electron chi connectivity index (χ2n) is 7.48. The highest BCUT2D eigenvalue weighted by Gasteiger charge is 2.23. The van der Waals surface area contributed by atoms with Gasteiger partial charge in [-0.3, -0.25) is 20.2 Å². The Hall–Kier alpha value is -3.33. The van der Waals surface area contributed by atoms with Crippen LogP contribution in [0.5, 0.6) is 11.5 Å². The van der Waals surface area contributed by atoms with Crippen molar-refractivity contribution in [2.45, 2.75) is 26.4 Å². The van der Waals surface area contributed by atoms with Crippen molar-refractivity contribution in [3.05, 3.63) is 57.1 Å². The summed E-state index contributed by atoms with van der Waals surface area (Å²) < 4.78 is 10.9. The smallest absolute Gasteiger partial charge is 0.412 e. The SMILES string of the molecule is CN(C)C(=O)c1cc(Cl)c(NC(=O)OC(C)(C)C)cc1Oc1ccccc1[N+](=O)[O-]. The van der Waals surface area contributed by atoms with Gasteiger partial charge in [-0.1, -0.05) is 23.7 Å². The van der Waals surface area contributed by atoms with Crippen molar-refractivity contribution in [3.63, 3.8) is 0 Å². The summed E-state index contributed by atoms with van der Waals surface area (Å²) in [7, 11) is 3.08. The number of amides is 2. The molecule has 0 saturated heterocycles. The van der Waals surface area contributed by atoms with Gasteiger partial charge in [-0.05, 0) is 32.9 Å². The zero-order valence-corrected chi connectivity index (χ0v) is 17.9. The van der Waals surface area contributed by atoms with E-state index in [4.69, 9.17) is 21.1 Å². The van der Waals surface area contributed by atoms with Crippen LogP contribution in [0.4, 0.5) is 16.2 Å². The number of hydrogen-bond acceptors (Lipinski definition) is 6. The average molecular weight is 436 g/mol. The molecule has 160 valence electrons. The molecule has 0 saturated carbocycles. The van der Waals surface area contributed by atoms with E-state index in [0.29, 0.717) is 0 Å². The highest BCUT2D eigenvalue weighted by Crippen LogP contribution is 2.37. The fourth-order valence-electron chi connectivity index (χ4n) is 2.37. The molecule has 9 nitrogen and oxygen atoms in total. The third-order valence-electron chi connectivity index (χ3n) is 3.62. The predicted octanol–water partition coefficient (Wildman–Crippen LogP) is 5.09. The zero-order chi connectivity index (χ0) is 22.6. The molecule has 0 unspecified atom stereocenters. The number of halogens is 1. The molecule has 0 atom stereocenters. The number of anilines is 1. The van der Waals surface area contributed by atoms with Crippen LogP contribution in [0.25, 0.3) is 0 Å². The van der Waals surface area contributed by atoms with E-state index < -0.39 is 22.5 Å². The Kier molecular flexibility index (Phi) is 6.88. The third-order valence-corrected chi connectivity index (χ3v) is 3.94. The monoisotopic (exact) mass is 435 g/mol. The number of para-hydroxylation sites is 2. The summed E-state index contributed by atoms with van der Waals surface area (Å²) in [4.78, 5) is 36.7. The van der Waals surface area contributed by atoms with Gasteiger partial charge in [-0.15, -0.1) is 0 Å². The summed E-state index contributed by atoms with van der Waals surface area (Å²) in [6.45, 7) is 5.11.